The Morgan fingerprint density at radius 2 is 1.00 bits per heavy atom. The third-order valence-electron chi connectivity index (χ3n) is 7.99. The highest BCUT2D eigenvalue weighted by Gasteiger charge is 2.33. The Morgan fingerprint density at radius 1 is 0.594 bits per heavy atom. The lowest BCUT2D eigenvalue weighted by Crippen LogP contribution is -2.09. The van der Waals surface area contributed by atoms with Gasteiger partial charge in [-0.15, -0.1) is 23.5 Å². The maximum atomic E-state index is 2.54. The number of hydrogen-bond donors (Lipinski definition) is 0. The molecule has 0 aromatic rings. The molecule has 2 aliphatic heterocycles. The van der Waals surface area contributed by atoms with Crippen LogP contribution in [0.25, 0.3) is 0 Å². The molecule has 2 heteroatoms. The molecule has 0 spiro atoms. The molecule has 0 aromatic carbocycles. The van der Waals surface area contributed by atoms with Gasteiger partial charge in [0.1, 0.15) is 0 Å². The van der Waals surface area contributed by atoms with Gasteiger partial charge in [-0.05, 0) is 143 Å². The molecule has 0 N–H and O–H groups in total. The van der Waals surface area contributed by atoms with Crippen LogP contribution in [0.5, 0.6) is 0 Å². The van der Waals surface area contributed by atoms with Crippen LogP contribution in [0.4, 0.5) is 0 Å². The maximum absolute atomic E-state index is 2.54. The molecule has 2 atom stereocenters. The molecule has 0 bridgehead atoms. The van der Waals surface area contributed by atoms with E-state index < -0.39 is 0 Å². The van der Waals surface area contributed by atoms with Gasteiger partial charge in [0.05, 0.1) is 10.5 Å². The lowest BCUT2D eigenvalue weighted by molar-refractivity contribution is 0.931. The van der Waals surface area contributed by atoms with Gasteiger partial charge in [0, 0.05) is 0 Å². The van der Waals surface area contributed by atoms with Crippen molar-refractivity contribution in [3.8, 4) is 0 Å². The van der Waals surface area contributed by atoms with Gasteiger partial charge < -0.3 is 0 Å². The van der Waals surface area contributed by atoms with E-state index in [4.69, 9.17) is 0 Å². The monoisotopic (exact) mass is 454 g/mol. The molecule has 6 rings (SSSR count). The van der Waals surface area contributed by atoms with Crippen molar-refractivity contribution in [2.24, 2.45) is 0 Å². The molecule has 6 aliphatic rings. The van der Waals surface area contributed by atoms with Crippen LogP contribution in [0.3, 0.4) is 0 Å². The second-order valence-electron chi connectivity index (χ2n) is 9.82. The van der Waals surface area contributed by atoms with Gasteiger partial charge in [-0.2, -0.15) is 0 Å². The highest BCUT2D eigenvalue weighted by atomic mass is 32.2. The van der Waals surface area contributed by atoms with Crippen LogP contribution in [0.2, 0.25) is 0 Å². The van der Waals surface area contributed by atoms with Crippen molar-refractivity contribution in [2.75, 3.05) is 0 Å². The SMILES string of the molecule is CC1=C(CCC2=C(C)C=C3C=C4C(C)=C(C)SC4C=C32)C2=CC3SC(C)=C(C)C3=CC2=C1. The predicted octanol–water partition coefficient (Wildman–Crippen LogP) is 8.83. The Morgan fingerprint density at radius 3 is 1.41 bits per heavy atom. The minimum absolute atomic E-state index is 0.506. The van der Waals surface area contributed by atoms with Crippen LogP contribution in [-0.4, -0.2) is 10.5 Å². The van der Waals surface area contributed by atoms with Gasteiger partial charge in [-0.3, -0.25) is 0 Å². The van der Waals surface area contributed by atoms with E-state index in [-0.39, 0.29) is 0 Å². The van der Waals surface area contributed by atoms with Crippen LogP contribution in [0, 0.1) is 0 Å². The summed E-state index contributed by atoms with van der Waals surface area (Å²) >= 11 is 4.05. The summed E-state index contributed by atoms with van der Waals surface area (Å²) in [5, 5.41) is 1.01. The highest BCUT2D eigenvalue weighted by molar-refractivity contribution is 8.04. The van der Waals surface area contributed by atoms with Gasteiger partial charge in [-0.25, -0.2) is 0 Å². The summed E-state index contributed by atoms with van der Waals surface area (Å²) in [6, 6.07) is 0. The summed E-state index contributed by atoms with van der Waals surface area (Å²) in [4.78, 5) is 2.96. The van der Waals surface area contributed by atoms with E-state index in [1.54, 1.807) is 11.1 Å². The summed E-state index contributed by atoms with van der Waals surface area (Å²) in [6.07, 6.45) is 17.1. The van der Waals surface area contributed by atoms with Crippen LogP contribution in [-0.2, 0) is 0 Å². The standard InChI is InChI=1S/C30H30S2/c1-15-9-21-11-25-17(3)19(5)31-29(25)13-27(21)23(15)7-8-24-16(2)10-22-12-26-18(4)20(6)32-30(26)14-28(22)24/h9-14,29-30H,7-8H2,1-6H3. The Balaban J connectivity index is 1.23. The highest BCUT2D eigenvalue weighted by Crippen LogP contribution is 2.51. The first-order valence-electron chi connectivity index (χ1n) is 11.7. The van der Waals surface area contributed by atoms with E-state index in [9.17, 15) is 0 Å². The molecule has 0 aromatic heterocycles. The number of thioether (sulfide) groups is 2. The second kappa shape index (κ2) is 7.30. The van der Waals surface area contributed by atoms with Crippen LogP contribution in [0.15, 0.2) is 113 Å². The molecular weight excluding hydrogens is 424 g/mol. The maximum Gasteiger partial charge on any atom is 0.0533 e. The second-order valence-corrected chi connectivity index (χ2v) is 12.5. The first-order chi connectivity index (χ1) is 15.3. The van der Waals surface area contributed by atoms with E-state index in [0.717, 1.165) is 12.8 Å². The number of allylic oxidation sites excluding steroid dienone is 16. The zero-order valence-electron chi connectivity index (χ0n) is 19.8. The van der Waals surface area contributed by atoms with E-state index in [1.807, 2.05) is 23.5 Å². The van der Waals surface area contributed by atoms with E-state index >= 15 is 0 Å². The van der Waals surface area contributed by atoms with Crippen molar-refractivity contribution in [3.05, 3.63) is 113 Å². The molecule has 32 heavy (non-hydrogen) atoms. The van der Waals surface area contributed by atoms with Crippen molar-refractivity contribution in [2.45, 2.75) is 64.9 Å². The predicted molar refractivity (Wildman–Crippen MR) is 143 cm³/mol. The molecule has 162 valence electrons. The van der Waals surface area contributed by atoms with Gasteiger partial charge in [0.2, 0.25) is 0 Å². The Hall–Kier alpha value is -1.90. The molecule has 0 nitrogen and oxygen atoms in total. The lowest BCUT2D eigenvalue weighted by atomic mass is 9.85. The average Bonchev–Trinajstić information content (AvgIpc) is 3.41. The zero-order chi connectivity index (χ0) is 22.3. The molecular formula is C30H30S2. The Bertz CT molecular complexity index is 1200. The topological polar surface area (TPSA) is 0 Å². The van der Waals surface area contributed by atoms with E-state index in [2.05, 4.69) is 78.0 Å². The summed E-state index contributed by atoms with van der Waals surface area (Å²) < 4.78 is 0. The first kappa shape index (κ1) is 20.7. The third-order valence-corrected chi connectivity index (χ3v) is 10.6. The molecule has 0 saturated carbocycles. The van der Waals surface area contributed by atoms with E-state index in [1.165, 1.54) is 65.5 Å². The number of hydrogen-bond acceptors (Lipinski definition) is 2. The van der Waals surface area contributed by atoms with Crippen molar-refractivity contribution in [3.63, 3.8) is 0 Å². The molecule has 2 unspecified atom stereocenters. The van der Waals surface area contributed by atoms with Crippen molar-refractivity contribution >= 4 is 23.5 Å². The van der Waals surface area contributed by atoms with Crippen LogP contribution >= 0.6 is 23.5 Å². The van der Waals surface area contributed by atoms with Crippen molar-refractivity contribution in [1.29, 1.82) is 0 Å². The fourth-order valence-electron chi connectivity index (χ4n) is 5.90. The van der Waals surface area contributed by atoms with Gasteiger partial charge in [0.25, 0.3) is 0 Å². The summed E-state index contributed by atoms with van der Waals surface area (Å²) in [5.41, 5.74) is 17.9. The summed E-state index contributed by atoms with van der Waals surface area (Å²) in [7, 11) is 0. The normalized spacial score (nSPS) is 28.3. The van der Waals surface area contributed by atoms with Crippen LogP contribution < -0.4 is 0 Å². The molecule has 0 saturated heterocycles. The van der Waals surface area contributed by atoms with Gasteiger partial charge in [0.15, 0.2) is 0 Å². The Labute approximate surface area is 201 Å². The fourth-order valence-corrected chi connectivity index (χ4v) is 8.40. The number of rotatable bonds is 3. The summed E-state index contributed by atoms with van der Waals surface area (Å²) in [5.74, 6) is 0. The average molecular weight is 455 g/mol. The minimum Gasteiger partial charge on any atom is -0.118 e. The molecule has 0 radical (unpaired) electrons. The number of fused-ring (bicyclic) bond motifs is 4. The molecule has 0 fully saturated rings. The van der Waals surface area contributed by atoms with E-state index in [0.29, 0.717) is 10.5 Å². The zero-order valence-corrected chi connectivity index (χ0v) is 21.5. The smallest absolute Gasteiger partial charge is 0.0533 e. The van der Waals surface area contributed by atoms with Gasteiger partial charge in [-0.1, -0.05) is 24.3 Å². The summed E-state index contributed by atoms with van der Waals surface area (Å²) in [6.45, 7) is 13.7. The van der Waals surface area contributed by atoms with Crippen molar-refractivity contribution in [1.82, 2.24) is 0 Å². The fraction of sp³-hybridized carbons (Fsp3) is 0.333. The minimum atomic E-state index is 0.506. The Kier molecular flexibility index (Phi) is 4.72. The van der Waals surface area contributed by atoms with Crippen LogP contribution in [0.1, 0.15) is 54.4 Å². The third kappa shape index (κ3) is 2.99. The first-order valence-corrected chi connectivity index (χ1v) is 13.5. The largest absolute Gasteiger partial charge is 0.118 e. The van der Waals surface area contributed by atoms with Gasteiger partial charge >= 0.3 is 0 Å². The molecule has 0 amide bonds. The van der Waals surface area contributed by atoms with Crippen molar-refractivity contribution < 1.29 is 0 Å². The lowest BCUT2D eigenvalue weighted by Gasteiger charge is -2.21. The quantitative estimate of drug-likeness (QED) is 0.418. The molecule has 4 aliphatic carbocycles. The molecule has 2 heterocycles.